The van der Waals surface area contributed by atoms with E-state index in [0.29, 0.717) is 17.5 Å². The Bertz CT molecular complexity index is 3260. The van der Waals surface area contributed by atoms with E-state index < -0.39 is 0 Å². The molecule has 4 nitrogen and oxygen atoms in total. The summed E-state index contributed by atoms with van der Waals surface area (Å²) in [5, 5.41) is 6.93. The minimum absolute atomic E-state index is 0.618. The number of para-hydroxylation sites is 1. The van der Waals surface area contributed by atoms with E-state index in [1.54, 1.807) is 0 Å². The van der Waals surface area contributed by atoms with Crippen LogP contribution in [-0.2, 0) is 0 Å². The van der Waals surface area contributed by atoms with Crippen LogP contribution in [0.15, 0.2) is 205 Å². The lowest BCUT2D eigenvalue weighted by molar-refractivity contribution is 0.674. The lowest BCUT2D eigenvalue weighted by Crippen LogP contribution is -2.00. The normalized spacial score (nSPS) is 11.5. The maximum atomic E-state index is 6.86. The summed E-state index contributed by atoms with van der Waals surface area (Å²) < 4.78 is 6.86. The zero-order chi connectivity index (χ0) is 37.7. The third-order valence-corrected chi connectivity index (χ3v) is 10.9. The Hall–Kier alpha value is -7.69. The second-order valence-electron chi connectivity index (χ2n) is 14.4. The smallest absolute Gasteiger partial charge is 0.164 e. The fourth-order valence-electron chi connectivity index (χ4n) is 8.03. The van der Waals surface area contributed by atoms with Crippen LogP contribution in [0, 0.1) is 0 Å². The molecule has 0 saturated heterocycles. The summed E-state index contributed by atoms with van der Waals surface area (Å²) in [4.78, 5) is 15.0. The average Bonchev–Trinajstić information content (AvgIpc) is 3.68. The molecule has 0 aliphatic carbocycles. The van der Waals surface area contributed by atoms with Gasteiger partial charge in [-0.2, -0.15) is 0 Å². The van der Waals surface area contributed by atoms with Crippen LogP contribution in [0.3, 0.4) is 0 Å². The Labute approximate surface area is 329 Å². The fourth-order valence-corrected chi connectivity index (χ4v) is 8.03. The standard InChI is InChI=1S/C53H33N3O/c1-3-12-34(13-4-1)36-22-27-39(28-23-36)52-54-51(38-15-5-2-6-16-38)55-53(56-52)40-29-25-37(26-30-40)43-20-11-21-46-48-33-47(42-31-24-35-14-7-8-17-41(35)32-42)44-18-9-10-19-45(44)50(48)57-49(43)46/h1-33H. The van der Waals surface area contributed by atoms with Gasteiger partial charge in [-0.05, 0) is 56.1 Å². The van der Waals surface area contributed by atoms with Crippen molar-refractivity contribution in [3.8, 4) is 67.5 Å². The maximum Gasteiger partial charge on any atom is 0.164 e. The van der Waals surface area contributed by atoms with Crippen molar-refractivity contribution in [1.82, 2.24) is 15.0 Å². The molecule has 4 heteroatoms. The molecule has 0 bridgehead atoms. The van der Waals surface area contributed by atoms with Crippen molar-refractivity contribution in [2.45, 2.75) is 0 Å². The number of hydrogen-bond donors (Lipinski definition) is 0. The van der Waals surface area contributed by atoms with Gasteiger partial charge in [0.25, 0.3) is 0 Å². The molecule has 0 radical (unpaired) electrons. The number of rotatable bonds is 6. The molecule has 0 N–H and O–H groups in total. The van der Waals surface area contributed by atoms with Crippen LogP contribution < -0.4 is 0 Å². The molecule has 0 aliphatic rings. The van der Waals surface area contributed by atoms with E-state index in [2.05, 4.69) is 164 Å². The summed E-state index contributed by atoms with van der Waals surface area (Å²) in [6.45, 7) is 0. The van der Waals surface area contributed by atoms with Gasteiger partial charge in [-0.15, -0.1) is 0 Å². The van der Waals surface area contributed by atoms with E-state index in [9.17, 15) is 0 Å². The van der Waals surface area contributed by atoms with E-state index in [-0.39, 0.29) is 0 Å². The summed E-state index contributed by atoms with van der Waals surface area (Å²) in [5.74, 6) is 1.88. The summed E-state index contributed by atoms with van der Waals surface area (Å²) in [6.07, 6.45) is 0. The first-order valence-corrected chi connectivity index (χ1v) is 19.2. The molecule has 0 spiro atoms. The summed E-state index contributed by atoms with van der Waals surface area (Å²) in [5.41, 5.74) is 11.3. The minimum Gasteiger partial charge on any atom is -0.455 e. The third kappa shape index (κ3) is 5.83. The topological polar surface area (TPSA) is 51.8 Å². The quantitative estimate of drug-likeness (QED) is 0.171. The summed E-state index contributed by atoms with van der Waals surface area (Å²) in [7, 11) is 0. The van der Waals surface area contributed by atoms with Gasteiger partial charge in [0.2, 0.25) is 0 Å². The van der Waals surface area contributed by atoms with Crippen molar-refractivity contribution in [3.63, 3.8) is 0 Å². The van der Waals surface area contributed by atoms with Gasteiger partial charge in [-0.1, -0.05) is 188 Å². The van der Waals surface area contributed by atoms with Gasteiger partial charge >= 0.3 is 0 Å². The van der Waals surface area contributed by atoms with Crippen LogP contribution in [0.25, 0.3) is 111 Å². The maximum absolute atomic E-state index is 6.86. The Kier molecular flexibility index (Phi) is 7.78. The van der Waals surface area contributed by atoms with Gasteiger partial charge in [-0.3, -0.25) is 0 Å². The lowest BCUT2D eigenvalue weighted by atomic mass is 9.93. The first-order valence-electron chi connectivity index (χ1n) is 19.2. The largest absolute Gasteiger partial charge is 0.455 e. The van der Waals surface area contributed by atoms with E-state index in [4.69, 9.17) is 19.4 Å². The zero-order valence-corrected chi connectivity index (χ0v) is 30.8. The molecule has 2 aromatic heterocycles. The number of aromatic nitrogens is 3. The molecule has 57 heavy (non-hydrogen) atoms. The molecule has 9 aromatic carbocycles. The second-order valence-corrected chi connectivity index (χ2v) is 14.4. The predicted molar refractivity (Wildman–Crippen MR) is 235 cm³/mol. The molecule has 0 fully saturated rings. The highest BCUT2D eigenvalue weighted by molar-refractivity contribution is 6.20. The lowest BCUT2D eigenvalue weighted by Gasteiger charge is -2.10. The first kappa shape index (κ1) is 32.7. The van der Waals surface area contributed by atoms with E-state index in [1.165, 1.54) is 32.8 Å². The molecule has 11 aromatic rings. The Morgan fingerprint density at radius 1 is 0.263 bits per heavy atom. The van der Waals surface area contributed by atoms with Gasteiger partial charge in [-0.25, -0.2) is 15.0 Å². The zero-order valence-electron chi connectivity index (χ0n) is 30.8. The Morgan fingerprint density at radius 2 is 0.737 bits per heavy atom. The van der Waals surface area contributed by atoms with Crippen molar-refractivity contribution in [2.75, 3.05) is 0 Å². The SMILES string of the molecule is c1ccc(-c2ccc(-c3nc(-c4ccccc4)nc(-c4ccc(-c5cccc6c5oc5c7ccccc7c(-c7ccc8ccccc8c7)cc65)cc4)n3)cc2)cc1. The van der Waals surface area contributed by atoms with Crippen LogP contribution in [0.4, 0.5) is 0 Å². The number of furan rings is 1. The van der Waals surface area contributed by atoms with E-state index in [1.807, 2.05) is 36.4 Å². The molecule has 0 unspecified atom stereocenters. The molecular weight excluding hydrogens is 695 g/mol. The van der Waals surface area contributed by atoms with Crippen molar-refractivity contribution in [2.24, 2.45) is 0 Å². The van der Waals surface area contributed by atoms with E-state index >= 15 is 0 Å². The average molecular weight is 728 g/mol. The van der Waals surface area contributed by atoms with Crippen molar-refractivity contribution in [3.05, 3.63) is 200 Å². The van der Waals surface area contributed by atoms with Crippen molar-refractivity contribution >= 4 is 43.5 Å². The molecule has 0 atom stereocenters. The van der Waals surface area contributed by atoms with Crippen LogP contribution in [-0.4, -0.2) is 15.0 Å². The van der Waals surface area contributed by atoms with Crippen LogP contribution in [0.5, 0.6) is 0 Å². The van der Waals surface area contributed by atoms with Gasteiger partial charge in [0.1, 0.15) is 11.2 Å². The van der Waals surface area contributed by atoms with Crippen molar-refractivity contribution < 1.29 is 4.42 Å². The van der Waals surface area contributed by atoms with Gasteiger partial charge in [0.15, 0.2) is 17.5 Å². The van der Waals surface area contributed by atoms with Crippen LogP contribution in [0.2, 0.25) is 0 Å². The Morgan fingerprint density at radius 3 is 1.42 bits per heavy atom. The van der Waals surface area contributed by atoms with Crippen LogP contribution in [0.1, 0.15) is 0 Å². The fraction of sp³-hybridized carbons (Fsp3) is 0. The number of fused-ring (bicyclic) bond motifs is 6. The highest BCUT2D eigenvalue weighted by atomic mass is 16.3. The van der Waals surface area contributed by atoms with Gasteiger partial charge in [0.05, 0.1) is 0 Å². The molecular formula is C53H33N3O. The van der Waals surface area contributed by atoms with E-state index in [0.717, 1.165) is 60.7 Å². The highest BCUT2D eigenvalue weighted by Crippen LogP contribution is 2.43. The molecule has 0 saturated carbocycles. The molecule has 0 amide bonds. The monoisotopic (exact) mass is 727 g/mol. The number of benzene rings is 9. The summed E-state index contributed by atoms with van der Waals surface area (Å²) >= 11 is 0. The predicted octanol–water partition coefficient (Wildman–Crippen LogP) is 14.1. The van der Waals surface area contributed by atoms with Gasteiger partial charge in [0, 0.05) is 38.4 Å². The van der Waals surface area contributed by atoms with Crippen LogP contribution >= 0.6 is 0 Å². The summed E-state index contributed by atoms with van der Waals surface area (Å²) in [6, 6.07) is 69.9. The molecule has 11 rings (SSSR count). The Balaban J connectivity index is 0.999. The number of nitrogens with zero attached hydrogens (tertiary/aromatic N) is 3. The second kappa shape index (κ2) is 13.6. The molecule has 0 aliphatic heterocycles. The third-order valence-electron chi connectivity index (χ3n) is 10.9. The van der Waals surface area contributed by atoms with Gasteiger partial charge < -0.3 is 4.42 Å². The first-order chi connectivity index (χ1) is 28.2. The minimum atomic E-state index is 0.618. The highest BCUT2D eigenvalue weighted by Gasteiger charge is 2.18. The van der Waals surface area contributed by atoms with Crippen molar-refractivity contribution in [1.29, 1.82) is 0 Å². The molecule has 2 heterocycles. The number of hydrogen-bond acceptors (Lipinski definition) is 4. The molecule has 266 valence electrons.